The molecule has 2 heteroatoms. The third-order valence-electron chi connectivity index (χ3n) is 2.65. The van der Waals surface area contributed by atoms with Crippen LogP contribution in [-0.2, 0) is 6.42 Å². The first-order valence-electron chi connectivity index (χ1n) is 5.11. The van der Waals surface area contributed by atoms with E-state index < -0.39 is 0 Å². The molecule has 0 spiro atoms. The summed E-state index contributed by atoms with van der Waals surface area (Å²) < 4.78 is 1.21. The molecule has 2 N–H and O–H groups in total. The van der Waals surface area contributed by atoms with E-state index in [4.69, 9.17) is 5.73 Å². The highest BCUT2D eigenvalue weighted by atomic mass is 79.9. The van der Waals surface area contributed by atoms with E-state index in [1.807, 2.05) is 0 Å². The van der Waals surface area contributed by atoms with Gasteiger partial charge in [0.15, 0.2) is 0 Å². The van der Waals surface area contributed by atoms with E-state index in [0.717, 1.165) is 19.4 Å². The van der Waals surface area contributed by atoms with Crippen molar-refractivity contribution in [3.8, 4) is 0 Å². The second-order valence-corrected chi connectivity index (χ2v) is 4.57. The average Bonchev–Trinajstić information content (AvgIpc) is 2.18. The Morgan fingerprint density at radius 1 is 1.21 bits per heavy atom. The summed E-state index contributed by atoms with van der Waals surface area (Å²) in [7, 11) is 0. The highest BCUT2D eigenvalue weighted by Crippen LogP contribution is 2.24. The first-order chi connectivity index (χ1) is 6.66. The lowest BCUT2D eigenvalue weighted by Crippen LogP contribution is -2.01. The van der Waals surface area contributed by atoms with E-state index in [-0.39, 0.29) is 0 Å². The van der Waals surface area contributed by atoms with Gasteiger partial charge in [-0.1, -0.05) is 22.0 Å². The number of hydrogen-bond donors (Lipinski definition) is 1. The molecule has 1 nitrogen and oxygen atoms in total. The lowest BCUT2D eigenvalue weighted by atomic mass is 9.98. The Kier molecular flexibility index (Phi) is 4.63. The van der Waals surface area contributed by atoms with Crippen LogP contribution in [0.15, 0.2) is 16.6 Å². The van der Waals surface area contributed by atoms with E-state index in [1.54, 1.807) is 0 Å². The normalized spacial score (nSPS) is 10.6. The minimum absolute atomic E-state index is 0.798. The van der Waals surface area contributed by atoms with Crippen molar-refractivity contribution < 1.29 is 0 Å². The molecule has 0 atom stereocenters. The summed E-state index contributed by atoms with van der Waals surface area (Å²) in [5.41, 5.74) is 9.74. The fraction of sp³-hybridized carbons (Fsp3) is 0.500. The fourth-order valence-electron chi connectivity index (χ4n) is 1.69. The molecule has 0 unspecified atom stereocenters. The second kappa shape index (κ2) is 5.52. The largest absolute Gasteiger partial charge is 0.330 e. The van der Waals surface area contributed by atoms with Crippen LogP contribution in [0.5, 0.6) is 0 Å². The molecule has 1 rings (SSSR count). The molecule has 0 aliphatic rings. The van der Waals surface area contributed by atoms with Crippen LogP contribution in [0, 0.1) is 13.8 Å². The van der Waals surface area contributed by atoms with Crippen molar-refractivity contribution in [2.75, 3.05) is 6.54 Å². The van der Waals surface area contributed by atoms with E-state index >= 15 is 0 Å². The number of rotatable bonds is 4. The van der Waals surface area contributed by atoms with Crippen LogP contribution in [0.3, 0.4) is 0 Å². The molecule has 78 valence electrons. The molecule has 0 radical (unpaired) electrons. The molecule has 1 aromatic carbocycles. The number of hydrogen-bond acceptors (Lipinski definition) is 1. The molecular formula is C12H18BrN. The summed E-state index contributed by atoms with van der Waals surface area (Å²) in [6.07, 6.45) is 3.45. The van der Waals surface area contributed by atoms with Crippen LogP contribution in [-0.4, -0.2) is 6.54 Å². The summed E-state index contributed by atoms with van der Waals surface area (Å²) in [5.74, 6) is 0. The highest BCUT2D eigenvalue weighted by Gasteiger charge is 2.04. The smallest absolute Gasteiger partial charge is 0.0207 e. The third kappa shape index (κ3) is 2.82. The first kappa shape index (κ1) is 11.7. The molecule has 0 aliphatic heterocycles. The Balaban J connectivity index is 2.79. The van der Waals surface area contributed by atoms with Gasteiger partial charge >= 0.3 is 0 Å². The van der Waals surface area contributed by atoms with Crippen molar-refractivity contribution in [1.82, 2.24) is 0 Å². The Hall–Kier alpha value is -0.340. The summed E-state index contributed by atoms with van der Waals surface area (Å²) >= 11 is 3.56. The quantitative estimate of drug-likeness (QED) is 0.821. The molecule has 0 bridgehead atoms. The lowest BCUT2D eigenvalue weighted by Gasteiger charge is -2.10. The van der Waals surface area contributed by atoms with Crippen LogP contribution >= 0.6 is 15.9 Å². The second-order valence-electron chi connectivity index (χ2n) is 3.71. The Labute approximate surface area is 94.8 Å². The molecular weight excluding hydrogens is 238 g/mol. The molecule has 0 saturated heterocycles. The third-order valence-corrected chi connectivity index (χ3v) is 3.51. The van der Waals surface area contributed by atoms with Gasteiger partial charge in [0.25, 0.3) is 0 Å². The van der Waals surface area contributed by atoms with Gasteiger partial charge in [0.05, 0.1) is 0 Å². The zero-order valence-electron chi connectivity index (χ0n) is 8.94. The first-order valence-corrected chi connectivity index (χ1v) is 5.90. The van der Waals surface area contributed by atoms with Gasteiger partial charge in [0, 0.05) is 4.47 Å². The van der Waals surface area contributed by atoms with Gasteiger partial charge in [0.1, 0.15) is 0 Å². The maximum atomic E-state index is 5.49. The van der Waals surface area contributed by atoms with Crippen molar-refractivity contribution >= 4 is 15.9 Å². The minimum atomic E-state index is 0.798. The number of aryl methyl sites for hydroxylation is 1. The number of halogens is 1. The van der Waals surface area contributed by atoms with Crippen molar-refractivity contribution in [3.63, 3.8) is 0 Å². The summed E-state index contributed by atoms with van der Waals surface area (Å²) in [6, 6.07) is 4.30. The standard InChI is InChI=1S/C12H18BrN/c1-9-6-7-12(13)10(2)11(9)5-3-4-8-14/h6-7H,3-5,8,14H2,1-2H3. The topological polar surface area (TPSA) is 26.0 Å². The van der Waals surface area contributed by atoms with Crippen LogP contribution < -0.4 is 5.73 Å². The SMILES string of the molecule is Cc1ccc(Br)c(C)c1CCCCN. The minimum Gasteiger partial charge on any atom is -0.330 e. The lowest BCUT2D eigenvalue weighted by molar-refractivity contribution is 0.739. The monoisotopic (exact) mass is 255 g/mol. The zero-order valence-corrected chi connectivity index (χ0v) is 10.5. The molecule has 1 aromatic rings. The van der Waals surface area contributed by atoms with Gasteiger partial charge in [0.2, 0.25) is 0 Å². The summed E-state index contributed by atoms with van der Waals surface area (Å²) in [6.45, 7) is 5.15. The van der Waals surface area contributed by atoms with Gasteiger partial charge in [-0.05, 0) is 62.4 Å². The van der Waals surface area contributed by atoms with Crippen LogP contribution in [0.25, 0.3) is 0 Å². The van der Waals surface area contributed by atoms with E-state index in [9.17, 15) is 0 Å². The average molecular weight is 256 g/mol. The van der Waals surface area contributed by atoms with Crippen LogP contribution in [0.4, 0.5) is 0 Å². The van der Waals surface area contributed by atoms with Gasteiger partial charge in [-0.15, -0.1) is 0 Å². The van der Waals surface area contributed by atoms with Crippen LogP contribution in [0.2, 0.25) is 0 Å². The Bertz CT molecular complexity index is 307. The number of nitrogens with two attached hydrogens (primary N) is 1. The Morgan fingerprint density at radius 3 is 2.57 bits per heavy atom. The molecule has 0 amide bonds. The molecule has 0 fully saturated rings. The van der Waals surface area contributed by atoms with E-state index in [2.05, 4.69) is 41.9 Å². The van der Waals surface area contributed by atoms with Crippen molar-refractivity contribution in [2.24, 2.45) is 5.73 Å². The number of benzene rings is 1. The number of unbranched alkanes of at least 4 members (excludes halogenated alkanes) is 1. The van der Waals surface area contributed by atoms with Gasteiger partial charge < -0.3 is 5.73 Å². The maximum Gasteiger partial charge on any atom is 0.0207 e. The summed E-state index contributed by atoms with van der Waals surface area (Å²) in [5, 5.41) is 0. The van der Waals surface area contributed by atoms with Gasteiger partial charge in [-0.25, -0.2) is 0 Å². The van der Waals surface area contributed by atoms with Gasteiger partial charge in [-0.3, -0.25) is 0 Å². The Morgan fingerprint density at radius 2 is 1.93 bits per heavy atom. The molecule has 0 heterocycles. The highest BCUT2D eigenvalue weighted by molar-refractivity contribution is 9.10. The predicted molar refractivity (Wildman–Crippen MR) is 65.6 cm³/mol. The van der Waals surface area contributed by atoms with Gasteiger partial charge in [-0.2, -0.15) is 0 Å². The molecule has 14 heavy (non-hydrogen) atoms. The van der Waals surface area contributed by atoms with E-state index in [0.29, 0.717) is 0 Å². The maximum absolute atomic E-state index is 5.49. The predicted octanol–water partition coefficient (Wildman–Crippen LogP) is 3.35. The van der Waals surface area contributed by atoms with Crippen molar-refractivity contribution in [2.45, 2.75) is 33.1 Å². The fourth-order valence-corrected chi connectivity index (χ4v) is 2.07. The van der Waals surface area contributed by atoms with Crippen LogP contribution in [0.1, 0.15) is 29.5 Å². The summed E-state index contributed by atoms with van der Waals surface area (Å²) in [4.78, 5) is 0. The molecule has 0 aliphatic carbocycles. The molecule has 0 aromatic heterocycles. The zero-order chi connectivity index (χ0) is 10.6. The van der Waals surface area contributed by atoms with Crippen molar-refractivity contribution in [3.05, 3.63) is 33.3 Å². The van der Waals surface area contributed by atoms with E-state index in [1.165, 1.54) is 27.6 Å². The molecule has 0 saturated carbocycles. The van der Waals surface area contributed by atoms with Crippen molar-refractivity contribution in [1.29, 1.82) is 0 Å².